The van der Waals surface area contributed by atoms with Gasteiger partial charge in [-0.3, -0.25) is 4.79 Å². The van der Waals surface area contributed by atoms with E-state index in [0.717, 1.165) is 12.1 Å². The van der Waals surface area contributed by atoms with Gasteiger partial charge in [-0.05, 0) is 24.5 Å². The van der Waals surface area contributed by atoms with E-state index in [-0.39, 0.29) is 11.8 Å². The third-order valence-corrected chi connectivity index (χ3v) is 3.24. The fourth-order valence-corrected chi connectivity index (χ4v) is 2.23. The van der Waals surface area contributed by atoms with Gasteiger partial charge in [0, 0.05) is 6.54 Å². The summed E-state index contributed by atoms with van der Waals surface area (Å²) in [5.74, 6) is 0.183. The molecule has 0 aliphatic heterocycles. The molecule has 2 rings (SSSR count). The number of rotatable bonds is 6. The Balaban J connectivity index is 2.18. The third kappa shape index (κ3) is 3.88. The highest BCUT2D eigenvalue weighted by molar-refractivity contribution is 5.94. The number of carbonyl (C=O) groups excluding carboxylic acids is 1. The van der Waals surface area contributed by atoms with Crippen molar-refractivity contribution in [3.63, 3.8) is 0 Å². The van der Waals surface area contributed by atoms with Crippen molar-refractivity contribution in [2.24, 2.45) is 17.6 Å². The zero-order valence-corrected chi connectivity index (χ0v) is 12.4. The van der Waals surface area contributed by atoms with Gasteiger partial charge in [-0.1, -0.05) is 31.2 Å². The summed E-state index contributed by atoms with van der Waals surface area (Å²) in [5, 5.41) is 10.7. The van der Waals surface area contributed by atoms with Gasteiger partial charge in [-0.15, -0.1) is 5.10 Å². The Hall–Kier alpha value is -2.21. The van der Waals surface area contributed by atoms with Crippen LogP contribution in [0.15, 0.2) is 36.7 Å². The average molecular weight is 287 g/mol. The molecule has 21 heavy (non-hydrogen) atoms. The van der Waals surface area contributed by atoms with Crippen LogP contribution >= 0.6 is 0 Å². The number of hydrogen-bond donors (Lipinski definition) is 2. The van der Waals surface area contributed by atoms with Crippen LogP contribution in [0.25, 0.3) is 5.69 Å². The molecule has 0 radical (unpaired) electrons. The van der Waals surface area contributed by atoms with Crippen molar-refractivity contribution < 1.29 is 4.79 Å². The van der Waals surface area contributed by atoms with Crippen LogP contribution in [0.2, 0.25) is 0 Å². The van der Waals surface area contributed by atoms with Crippen LogP contribution in [0, 0.1) is 11.8 Å². The third-order valence-electron chi connectivity index (χ3n) is 3.24. The molecule has 2 aromatic rings. The van der Waals surface area contributed by atoms with Crippen LogP contribution in [0.4, 0.5) is 5.69 Å². The number of para-hydroxylation sites is 2. The quantitative estimate of drug-likeness (QED) is 0.848. The number of anilines is 1. The Morgan fingerprint density at radius 3 is 2.76 bits per heavy atom. The topological polar surface area (TPSA) is 85.8 Å². The molecule has 0 saturated carbocycles. The first kappa shape index (κ1) is 15.2. The largest absolute Gasteiger partial charge is 0.330 e. The summed E-state index contributed by atoms with van der Waals surface area (Å²) in [6.07, 6.45) is 4.10. The number of carbonyl (C=O) groups is 1. The van der Waals surface area contributed by atoms with Gasteiger partial charge < -0.3 is 11.1 Å². The summed E-state index contributed by atoms with van der Waals surface area (Å²) in [5.41, 5.74) is 7.20. The van der Waals surface area contributed by atoms with Crippen molar-refractivity contribution >= 4 is 11.6 Å². The lowest BCUT2D eigenvalue weighted by atomic mass is 9.96. The molecule has 0 fully saturated rings. The zero-order valence-electron chi connectivity index (χ0n) is 12.4. The van der Waals surface area contributed by atoms with Gasteiger partial charge in [0.15, 0.2) is 0 Å². The molecule has 6 heteroatoms. The monoisotopic (exact) mass is 287 g/mol. The summed E-state index contributed by atoms with van der Waals surface area (Å²) in [4.78, 5) is 12.4. The SMILES string of the molecule is CC(C)CC(CN)C(=O)Nc1ccccc1-n1ccnn1. The van der Waals surface area contributed by atoms with Gasteiger partial charge >= 0.3 is 0 Å². The van der Waals surface area contributed by atoms with E-state index in [2.05, 4.69) is 29.5 Å². The first-order valence-electron chi connectivity index (χ1n) is 7.08. The fraction of sp³-hybridized carbons (Fsp3) is 0.400. The number of nitrogens with two attached hydrogens (primary N) is 1. The van der Waals surface area contributed by atoms with E-state index < -0.39 is 0 Å². The molecular formula is C15H21N5O. The minimum absolute atomic E-state index is 0.0567. The number of aromatic nitrogens is 3. The molecule has 6 nitrogen and oxygen atoms in total. The van der Waals surface area contributed by atoms with E-state index in [1.807, 2.05) is 24.3 Å². The number of nitrogens with one attached hydrogen (secondary N) is 1. The number of nitrogens with zero attached hydrogens (tertiary/aromatic N) is 3. The van der Waals surface area contributed by atoms with Crippen molar-refractivity contribution in [2.45, 2.75) is 20.3 Å². The van der Waals surface area contributed by atoms with Crippen molar-refractivity contribution in [2.75, 3.05) is 11.9 Å². The molecule has 0 spiro atoms. The Morgan fingerprint density at radius 1 is 1.38 bits per heavy atom. The minimum atomic E-state index is -0.186. The van der Waals surface area contributed by atoms with Crippen LogP contribution in [-0.2, 0) is 4.79 Å². The van der Waals surface area contributed by atoms with Gasteiger partial charge in [0.25, 0.3) is 0 Å². The lowest BCUT2D eigenvalue weighted by Crippen LogP contribution is -2.30. The van der Waals surface area contributed by atoms with Crippen LogP contribution in [0.5, 0.6) is 0 Å². The maximum Gasteiger partial charge on any atom is 0.228 e. The van der Waals surface area contributed by atoms with E-state index in [1.54, 1.807) is 17.1 Å². The smallest absolute Gasteiger partial charge is 0.228 e. The summed E-state index contributed by atoms with van der Waals surface area (Å²) in [7, 11) is 0. The summed E-state index contributed by atoms with van der Waals surface area (Å²) in [6, 6.07) is 7.49. The molecular weight excluding hydrogens is 266 g/mol. The predicted octanol–water partition coefficient (Wildman–Crippen LogP) is 1.83. The van der Waals surface area contributed by atoms with Gasteiger partial charge in [-0.2, -0.15) is 0 Å². The normalized spacial score (nSPS) is 12.4. The molecule has 3 N–H and O–H groups in total. The van der Waals surface area contributed by atoms with Gasteiger partial charge in [-0.25, -0.2) is 4.68 Å². The van der Waals surface area contributed by atoms with Gasteiger partial charge in [0.1, 0.15) is 0 Å². The van der Waals surface area contributed by atoms with Crippen molar-refractivity contribution in [3.05, 3.63) is 36.7 Å². The molecule has 1 amide bonds. The number of hydrogen-bond acceptors (Lipinski definition) is 4. The first-order chi connectivity index (χ1) is 10.1. The van der Waals surface area contributed by atoms with E-state index >= 15 is 0 Å². The predicted molar refractivity (Wildman–Crippen MR) is 82.0 cm³/mol. The average Bonchev–Trinajstić information content (AvgIpc) is 2.99. The molecule has 1 aromatic carbocycles. The Bertz CT molecular complexity index is 580. The molecule has 0 saturated heterocycles. The van der Waals surface area contributed by atoms with Crippen LogP contribution in [0.1, 0.15) is 20.3 Å². The maximum absolute atomic E-state index is 12.4. The Kier molecular flexibility index (Phi) is 5.05. The second kappa shape index (κ2) is 6.99. The van der Waals surface area contributed by atoms with Crippen molar-refractivity contribution in [3.8, 4) is 5.69 Å². The zero-order chi connectivity index (χ0) is 15.2. The van der Waals surface area contributed by atoms with Gasteiger partial charge in [0.05, 0.1) is 29.7 Å². The fourth-order valence-electron chi connectivity index (χ4n) is 2.23. The van der Waals surface area contributed by atoms with Crippen LogP contribution < -0.4 is 11.1 Å². The van der Waals surface area contributed by atoms with Crippen molar-refractivity contribution in [1.29, 1.82) is 0 Å². The van der Waals surface area contributed by atoms with E-state index in [1.165, 1.54) is 0 Å². The second-order valence-corrected chi connectivity index (χ2v) is 5.42. The second-order valence-electron chi connectivity index (χ2n) is 5.42. The number of amides is 1. The minimum Gasteiger partial charge on any atom is -0.330 e. The highest BCUT2D eigenvalue weighted by atomic mass is 16.1. The highest BCUT2D eigenvalue weighted by Gasteiger charge is 2.19. The lowest BCUT2D eigenvalue weighted by molar-refractivity contribution is -0.120. The molecule has 1 unspecified atom stereocenters. The molecule has 112 valence electrons. The number of benzene rings is 1. The molecule has 1 aromatic heterocycles. The lowest BCUT2D eigenvalue weighted by Gasteiger charge is -2.18. The van der Waals surface area contributed by atoms with E-state index in [0.29, 0.717) is 18.2 Å². The first-order valence-corrected chi connectivity index (χ1v) is 7.08. The van der Waals surface area contributed by atoms with Crippen LogP contribution in [-0.4, -0.2) is 27.4 Å². The van der Waals surface area contributed by atoms with Crippen molar-refractivity contribution in [1.82, 2.24) is 15.0 Å². The summed E-state index contributed by atoms with van der Waals surface area (Å²) >= 11 is 0. The molecule has 0 aliphatic rings. The molecule has 1 heterocycles. The Labute approximate surface area is 124 Å². The molecule has 1 atom stereocenters. The van der Waals surface area contributed by atoms with E-state index in [4.69, 9.17) is 5.73 Å². The standard InChI is InChI=1S/C15H21N5O/c1-11(2)9-12(10-16)15(21)18-13-5-3-4-6-14(13)20-8-7-17-19-20/h3-8,11-12H,9-10,16H2,1-2H3,(H,18,21). The van der Waals surface area contributed by atoms with Gasteiger partial charge in [0.2, 0.25) is 5.91 Å². The summed E-state index contributed by atoms with van der Waals surface area (Å²) < 4.78 is 1.62. The van der Waals surface area contributed by atoms with E-state index in [9.17, 15) is 4.79 Å². The molecule has 0 aliphatic carbocycles. The van der Waals surface area contributed by atoms with Crippen LogP contribution in [0.3, 0.4) is 0 Å². The Morgan fingerprint density at radius 2 is 2.14 bits per heavy atom. The maximum atomic E-state index is 12.4. The highest BCUT2D eigenvalue weighted by Crippen LogP contribution is 2.20. The summed E-state index contributed by atoms with van der Waals surface area (Å²) in [6.45, 7) is 4.51. The molecule has 0 bridgehead atoms.